The van der Waals surface area contributed by atoms with E-state index in [0.717, 1.165) is 25.0 Å². The Bertz CT molecular complexity index is 377. The van der Waals surface area contributed by atoms with Crippen molar-refractivity contribution >= 4 is 5.96 Å². The van der Waals surface area contributed by atoms with Crippen LogP contribution in [0.25, 0.3) is 0 Å². The fraction of sp³-hybridized carbons (Fsp3) is 0.944. The molecule has 22 heavy (non-hydrogen) atoms. The van der Waals surface area contributed by atoms with Crippen LogP contribution in [0.4, 0.5) is 0 Å². The molecule has 0 spiro atoms. The van der Waals surface area contributed by atoms with E-state index < -0.39 is 0 Å². The lowest BCUT2D eigenvalue weighted by Gasteiger charge is -2.33. The van der Waals surface area contributed by atoms with E-state index in [4.69, 9.17) is 4.99 Å². The fourth-order valence-electron chi connectivity index (χ4n) is 3.92. The molecule has 0 aromatic heterocycles. The Morgan fingerprint density at radius 1 is 1.14 bits per heavy atom. The summed E-state index contributed by atoms with van der Waals surface area (Å²) >= 11 is 0. The molecule has 0 bridgehead atoms. The van der Waals surface area contributed by atoms with E-state index in [0.29, 0.717) is 11.5 Å². The summed E-state index contributed by atoms with van der Waals surface area (Å²) in [6.45, 7) is 10.2. The van der Waals surface area contributed by atoms with Crippen LogP contribution in [0.5, 0.6) is 0 Å². The zero-order valence-electron chi connectivity index (χ0n) is 14.5. The first kappa shape index (κ1) is 16.1. The van der Waals surface area contributed by atoms with E-state index in [2.05, 4.69) is 29.4 Å². The van der Waals surface area contributed by atoms with Gasteiger partial charge in [-0.15, -0.1) is 0 Å². The van der Waals surface area contributed by atoms with Gasteiger partial charge in [0.05, 0.1) is 0 Å². The number of likely N-dealkylation sites (tertiary alicyclic amines) is 1. The third kappa shape index (κ3) is 4.15. The molecule has 3 fully saturated rings. The average Bonchev–Trinajstić information content (AvgIpc) is 3.39. The molecular weight excluding hydrogens is 272 g/mol. The Kier molecular flexibility index (Phi) is 5.27. The second-order valence-electron chi connectivity index (χ2n) is 7.59. The molecule has 0 atom stereocenters. The number of aliphatic imine (C=N–C) groups is 1. The van der Waals surface area contributed by atoms with Crippen molar-refractivity contribution in [1.82, 2.24) is 15.5 Å². The Morgan fingerprint density at radius 3 is 2.41 bits per heavy atom. The molecule has 3 rings (SSSR count). The van der Waals surface area contributed by atoms with Gasteiger partial charge in [-0.3, -0.25) is 4.99 Å². The molecule has 1 aliphatic heterocycles. The van der Waals surface area contributed by atoms with E-state index in [1.807, 2.05) is 0 Å². The summed E-state index contributed by atoms with van der Waals surface area (Å²) in [5, 5.41) is 7.14. The maximum Gasteiger partial charge on any atom is 0.191 e. The van der Waals surface area contributed by atoms with E-state index in [1.165, 1.54) is 64.6 Å². The predicted molar refractivity (Wildman–Crippen MR) is 93.3 cm³/mol. The minimum absolute atomic E-state index is 0.599. The van der Waals surface area contributed by atoms with E-state index in [9.17, 15) is 0 Å². The molecule has 0 aromatic carbocycles. The second kappa shape index (κ2) is 7.20. The fourth-order valence-corrected chi connectivity index (χ4v) is 3.92. The molecule has 1 heterocycles. The lowest BCUT2D eigenvalue weighted by molar-refractivity contribution is 0.206. The molecule has 2 aliphatic carbocycles. The Morgan fingerprint density at radius 2 is 1.86 bits per heavy atom. The molecule has 0 amide bonds. The highest BCUT2D eigenvalue weighted by Crippen LogP contribution is 2.61. The van der Waals surface area contributed by atoms with E-state index in [1.54, 1.807) is 0 Å². The standard InChI is InChI=1S/C18H34N4/c1-3-11-22-12-7-16(8-13-22)21-17(19-4-2)20-14-18(9-10-18)15-5-6-15/h15-16H,3-14H2,1-2H3,(H2,19,20,21). The SMILES string of the molecule is CCCN1CCC(NC(=NCC2(C3CC3)CC2)NCC)CC1. The van der Waals surface area contributed by atoms with Gasteiger partial charge in [0, 0.05) is 32.2 Å². The number of piperidine rings is 1. The zero-order valence-corrected chi connectivity index (χ0v) is 14.5. The summed E-state index contributed by atoms with van der Waals surface area (Å²) in [7, 11) is 0. The van der Waals surface area contributed by atoms with Gasteiger partial charge in [-0.2, -0.15) is 0 Å². The van der Waals surface area contributed by atoms with Gasteiger partial charge in [-0.25, -0.2) is 0 Å². The van der Waals surface area contributed by atoms with Crippen LogP contribution < -0.4 is 10.6 Å². The normalized spacial score (nSPS) is 26.0. The van der Waals surface area contributed by atoms with Crippen LogP contribution in [0.2, 0.25) is 0 Å². The lowest BCUT2D eigenvalue weighted by atomic mass is 10.0. The minimum atomic E-state index is 0.599. The van der Waals surface area contributed by atoms with Crippen LogP contribution in [-0.2, 0) is 0 Å². The molecular formula is C18H34N4. The Balaban J connectivity index is 1.47. The van der Waals surface area contributed by atoms with Gasteiger partial charge in [-0.05, 0) is 69.7 Å². The van der Waals surface area contributed by atoms with Crippen LogP contribution >= 0.6 is 0 Å². The van der Waals surface area contributed by atoms with Crippen LogP contribution in [0.1, 0.15) is 58.8 Å². The lowest BCUT2D eigenvalue weighted by Crippen LogP contribution is -2.49. The first-order chi connectivity index (χ1) is 10.8. The first-order valence-electron chi connectivity index (χ1n) is 9.53. The maximum atomic E-state index is 4.94. The topological polar surface area (TPSA) is 39.7 Å². The van der Waals surface area contributed by atoms with Gasteiger partial charge in [0.1, 0.15) is 0 Å². The van der Waals surface area contributed by atoms with Crippen molar-refractivity contribution in [3.05, 3.63) is 0 Å². The predicted octanol–water partition coefficient (Wildman–Crippen LogP) is 2.61. The highest BCUT2D eigenvalue weighted by atomic mass is 15.2. The quantitative estimate of drug-likeness (QED) is 0.561. The molecule has 0 unspecified atom stereocenters. The van der Waals surface area contributed by atoms with Gasteiger partial charge >= 0.3 is 0 Å². The number of guanidine groups is 1. The van der Waals surface area contributed by atoms with Crippen LogP contribution in [0.15, 0.2) is 4.99 Å². The smallest absolute Gasteiger partial charge is 0.191 e. The average molecular weight is 306 g/mol. The highest BCUT2D eigenvalue weighted by molar-refractivity contribution is 5.80. The Labute approximate surface area is 136 Å². The molecule has 0 aromatic rings. The van der Waals surface area contributed by atoms with Crippen molar-refractivity contribution < 1.29 is 0 Å². The van der Waals surface area contributed by atoms with Crippen molar-refractivity contribution in [2.45, 2.75) is 64.8 Å². The monoisotopic (exact) mass is 306 g/mol. The van der Waals surface area contributed by atoms with E-state index in [-0.39, 0.29) is 0 Å². The number of rotatable bonds is 7. The van der Waals surface area contributed by atoms with Crippen molar-refractivity contribution in [3.63, 3.8) is 0 Å². The molecule has 2 saturated carbocycles. The third-order valence-electron chi connectivity index (χ3n) is 5.70. The highest BCUT2D eigenvalue weighted by Gasteiger charge is 2.53. The van der Waals surface area contributed by atoms with Gasteiger partial charge in [0.15, 0.2) is 5.96 Å². The van der Waals surface area contributed by atoms with Crippen LogP contribution in [0, 0.1) is 11.3 Å². The molecule has 4 nitrogen and oxygen atoms in total. The third-order valence-corrected chi connectivity index (χ3v) is 5.70. The number of hydrogen-bond acceptors (Lipinski definition) is 2. The molecule has 4 heteroatoms. The van der Waals surface area contributed by atoms with Gasteiger partial charge in [0.25, 0.3) is 0 Å². The summed E-state index contributed by atoms with van der Waals surface area (Å²) in [4.78, 5) is 7.53. The largest absolute Gasteiger partial charge is 0.357 e. The molecule has 2 N–H and O–H groups in total. The van der Waals surface area contributed by atoms with Gasteiger partial charge in [0.2, 0.25) is 0 Å². The number of nitrogens with zero attached hydrogens (tertiary/aromatic N) is 2. The molecule has 3 aliphatic rings. The van der Waals surface area contributed by atoms with Crippen molar-refractivity contribution in [1.29, 1.82) is 0 Å². The van der Waals surface area contributed by atoms with Crippen molar-refractivity contribution in [2.24, 2.45) is 16.3 Å². The zero-order chi connectivity index (χ0) is 15.4. The Hall–Kier alpha value is -0.770. The summed E-state index contributed by atoms with van der Waals surface area (Å²) in [5.74, 6) is 2.06. The van der Waals surface area contributed by atoms with Crippen molar-refractivity contribution in [2.75, 3.05) is 32.7 Å². The summed E-state index contributed by atoms with van der Waals surface area (Å²) in [6, 6.07) is 0.599. The van der Waals surface area contributed by atoms with E-state index >= 15 is 0 Å². The molecule has 1 saturated heterocycles. The first-order valence-corrected chi connectivity index (χ1v) is 9.53. The van der Waals surface area contributed by atoms with Crippen molar-refractivity contribution in [3.8, 4) is 0 Å². The summed E-state index contributed by atoms with van der Waals surface area (Å²) < 4.78 is 0. The minimum Gasteiger partial charge on any atom is -0.357 e. The second-order valence-corrected chi connectivity index (χ2v) is 7.59. The summed E-state index contributed by atoms with van der Waals surface area (Å²) in [6.07, 6.45) is 9.50. The molecule has 126 valence electrons. The van der Waals surface area contributed by atoms with Crippen LogP contribution in [0.3, 0.4) is 0 Å². The number of nitrogens with one attached hydrogen (secondary N) is 2. The van der Waals surface area contributed by atoms with Gasteiger partial charge < -0.3 is 15.5 Å². The number of hydrogen-bond donors (Lipinski definition) is 2. The summed E-state index contributed by atoms with van der Waals surface area (Å²) in [5.41, 5.74) is 0.604. The molecule has 0 radical (unpaired) electrons. The van der Waals surface area contributed by atoms with Gasteiger partial charge in [-0.1, -0.05) is 6.92 Å². The maximum absolute atomic E-state index is 4.94. The van der Waals surface area contributed by atoms with Crippen LogP contribution in [-0.4, -0.2) is 49.6 Å².